The Morgan fingerprint density at radius 1 is 1.29 bits per heavy atom. The fourth-order valence-corrected chi connectivity index (χ4v) is 6.03. The summed E-state index contributed by atoms with van der Waals surface area (Å²) in [4.78, 5) is 17.5. The molecule has 6 N–H and O–H groups in total. The van der Waals surface area contributed by atoms with Crippen LogP contribution in [0.25, 0.3) is 0 Å². The second-order valence-corrected chi connectivity index (χ2v) is 11.2. The van der Waals surface area contributed by atoms with E-state index in [2.05, 4.69) is 55.9 Å². The number of hydrogen-bond donors (Lipinski definition) is 5. The van der Waals surface area contributed by atoms with Crippen molar-refractivity contribution in [3.63, 3.8) is 0 Å². The Morgan fingerprint density at radius 3 is 2.95 bits per heavy atom. The highest BCUT2D eigenvalue weighted by atomic mass is 32.1. The van der Waals surface area contributed by atoms with Crippen LogP contribution in [0.5, 0.6) is 0 Å². The fraction of sp³-hybridized carbons (Fsp3) is 0.345. The van der Waals surface area contributed by atoms with E-state index in [0.29, 0.717) is 30.9 Å². The van der Waals surface area contributed by atoms with Gasteiger partial charge < -0.3 is 21.5 Å². The van der Waals surface area contributed by atoms with E-state index < -0.39 is 5.60 Å². The van der Waals surface area contributed by atoms with E-state index in [1.54, 1.807) is 18.6 Å². The first-order valence-electron chi connectivity index (χ1n) is 12.9. The van der Waals surface area contributed by atoms with Crippen LogP contribution < -0.4 is 16.4 Å². The summed E-state index contributed by atoms with van der Waals surface area (Å²) in [7, 11) is 0. The van der Waals surface area contributed by atoms with Gasteiger partial charge >= 0.3 is 6.03 Å². The van der Waals surface area contributed by atoms with Crippen LogP contribution in [0, 0.1) is 17.8 Å². The van der Waals surface area contributed by atoms with Gasteiger partial charge in [-0.3, -0.25) is 5.10 Å². The van der Waals surface area contributed by atoms with Gasteiger partial charge in [-0.25, -0.2) is 9.78 Å². The monoisotopic (exact) mass is 528 g/mol. The lowest BCUT2D eigenvalue weighted by Crippen LogP contribution is -2.44. The number of nitrogens with two attached hydrogens (primary N) is 1. The molecule has 0 spiro atoms. The molecule has 0 saturated heterocycles. The molecule has 1 fully saturated rings. The lowest BCUT2D eigenvalue weighted by molar-refractivity contribution is 0.0291. The Labute approximate surface area is 226 Å². The summed E-state index contributed by atoms with van der Waals surface area (Å²) in [6.45, 7) is 0. The minimum Gasteiger partial charge on any atom is -0.390 e. The van der Waals surface area contributed by atoms with Gasteiger partial charge in [-0.2, -0.15) is 5.10 Å². The predicted molar refractivity (Wildman–Crippen MR) is 151 cm³/mol. The molecule has 2 amide bonds. The van der Waals surface area contributed by atoms with Crippen molar-refractivity contribution in [2.45, 2.75) is 56.6 Å². The number of H-pyrrole nitrogens is 1. The first-order valence-corrected chi connectivity index (χ1v) is 13.7. The molecule has 2 aliphatic carbocycles. The summed E-state index contributed by atoms with van der Waals surface area (Å²) < 4.78 is 0. The highest BCUT2D eigenvalue weighted by Crippen LogP contribution is 2.41. The second-order valence-electron chi connectivity index (χ2n) is 10.1. The van der Waals surface area contributed by atoms with E-state index in [1.165, 1.54) is 11.3 Å². The number of carbonyl (C=O) groups excluding carboxylic acids is 1. The Bertz CT molecular complexity index is 1380. The number of aromatic nitrogens is 3. The molecule has 1 aromatic carbocycles. The van der Waals surface area contributed by atoms with Crippen LogP contribution in [0.4, 0.5) is 15.5 Å². The molecule has 0 radical (unpaired) electrons. The normalized spacial score (nSPS) is 21.3. The number of aliphatic hydroxyl groups is 1. The first kappa shape index (κ1) is 25.8. The number of aromatic amines is 1. The molecule has 5 rings (SSSR count). The summed E-state index contributed by atoms with van der Waals surface area (Å²) in [5, 5.41) is 26.0. The molecule has 3 atom stereocenters. The Morgan fingerprint density at radius 2 is 2.18 bits per heavy atom. The average Bonchev–Trinajstić information content (AvgIpc) is 3.66. The number of carbonyl (C=O) groups is 1. The van der Waals surface area contributed by atoms with E-state index in [4.69, 9.17) is 5.73 Å². The van der Waals surface area contributed by atoms with Crippen molar-refractivity contribution >= 4 is 28.1 Å². The van der Waals surface area contributed by atoms with Crippen molar-refractivity contribution in [1.29, 1.82) is 0 Å². The molecular formula is C29H32N6O2S. The standard InChI is InChI=1S/C29H32N6O2S/c30-26-19-31-27(38-26)14-21-11-12-29(37,15-21)16-25(23-6-2-1-3-7-23)35-28(36)34-24-8-4-5-20(13-24)9-10-22-17-32-33-18-22/h2,4-8,13,17-19,21,25,37H,1,3,11-12,14-16,30H2,(H,32,33)(H2,34,35,36)/t21?,25-,29?/m0/s1. The number of nitrogen functional groups attached to an aromatic ring is 1. The summed E-state index contributed by atoms with van der Waals surface area (Å²) in [5.74, 6) is 6.47. The highest BCUT2D eigenvalue weighted by molar-refractivity contribution is 7.15. The van der Waals surface area contributed by atoms with E-state index >= 15 is 0 Å². The zero-order valence-corrected chi connectivity index (χ0v) is 21.9. The van der Waals surface area contributed by atoms with Crippen LogP contribution >= 0.6 is 11.3 Å². The van der Waals surface area contributed by atoms with Gasteiger partial charge in [0.25, 0.3) is 0 Å². The summed E-state index contributed by atoms with van der Waals surface area (Å²) in [6.07, 6.45) is 16.9. The number of urea groups is 1. The van der Waals surface area contributed by atoms with Crippen molar-refractivity contribution in [2.75, 3.05) is 11.1 Å². The van der Waals surface area contributed by atoms with Gasteiger partial charge in [0.15, 0.2) is 0 Å². The van der Waals surface area contributed by atoms with Gasteiger partial charge in [-0.1, -0.05) is 36.1 Å². The van der Waals surface area contributed by atoms with Crippen LogP contribution in [0.2, 0.25) is 0 Å². The highest BCUT2D eigenvalue weighted by Gasteiger charge is 2.40. The van der Waals surface area contributed by atoms with E-state index in [9.17, 15) is 9.90 Å². The van der Waals surface area contributed by atoms with Gasteiger partial charge in [0.1, 0.15) is 5.00 Å². The number of rotatable bonds is 7. The maximum Gasteiger partial charge on any atom is 0.319 e. The molecule has 3 aromatic rings. The molecule has 8 nitrogen and oxygen atoms in total. The Hall–Kier alpha value is -3.87. The van der Waals surface area contributed by atoms with Crippen molar-refractivity contribution in [2.24, 2.45) is 5.92 Å². The molecule has 2 unspecified atom stereocenters. The van der Waals surface area contributed by atoms with Crippen LogP contribution in [-0.2, 0) is 6.42 Å². The minimum atomic E-state index is -0.847. The number of allylic oxidation sites excluding steroid dienone is 2. The van der Waals surface area contributed by atoms with Gasteiger partial charge in [0.2, 0.25) is 0 Å². The number of thiazole rings is 1. The number of benzene rings is 1. The van der Waals surface area contributed by atoms with Crippen molar-refractivity contribution in [1.82, 2.24) is 20.5 Å². The summed E-state index contributed by atoms with van der Waals surface area (Å²) >= 11 is 1.51. The zero-order valence-electron chi connectivity index (χ0n) is 21.1. The van der Waals surface area contributed by atoms with Gasteiger partial charge in [-0.05, 0) is 61.8 Å². The third-order valence-electron chi connectivity index (χ3n) is 7.01. The molecule has 0 bridgehead atoms. The van der Waals surface area contributed by atoms with Crippen molar-refractivity contribution in [3.05, 3.63) is 82.8 Å². The topological polar surface area (TPSA) is 129 Å². The molecule has 2 aromatic heterocycles. The molecule has 1 saturated carbocycles. The number of anilines is 2. The van der Waals surface area contributed by atoms with E-state index in [0.717, 1.165) is 52.4 Å². The number of nitrogens with one attached hydrogen (secondary N) is 3. The zero-order chi connectivity index (χ0) is 26.4. The van der Waals surface area contributed by atoms with E-state index in [1.807, 2.05) is 24.3 Å². The Balaban J connectivity index is 1.23. The molecular weight excluding hydrogens is 496 g/mol. The average molecular weight is 529 g/mol. The molecule has 196 valence electrons. The number of nitrogens with zero attached hydrogens (tertiary/aromatic N) is 2. The SMILES string of the molecule is Nc1cnc(CC2CCC(O)(C[C@H](NC(=O)Nc3cccc(C#Cc4cn[nH]c4)c3)C3=CCCC=C3)C2)s1. The fourth-order valence-electron chi connectivity index (χ4n) is 5.23. The predicted octanol–water partition coefficient (Wildman–Crippen LogP) is 4.78. The van der Waals surface area contributed by atoms with Gasteiger partial charge in [0, 0.05) is 30.3 Å². The number of hydrogen-bond acceptors (Lipinski definition) is 6. The third kappa shape index (κ3) is 6.91. The minimum absolute atomic E-state index is 0.296. The second kappa shape index (κ2) is 11.7. The quantitative estimate of drug-likeness (QED) is 0.282. The molecule has 0 aliphatic heterocycles. The molecule has 2 aliphatic rings. The van der Waals surface area contributed by atoms with Crippen LogP contribution in [0.1, 0.15) is 54.7 Å². The molecule has 2 heterocycles. The number of amides is 2. The van der Waals surface area contributed by atoms with E-state index in [-0.39, 0.29) is 12.1 Å². The summed E-state index contributed by atoms with van der Waals surface area (Å²) in [5.41, 5.74) is 8.25. The lowest BCUT2D eigenvalue weighted by Gasteiger charge is -2.30. The lowest BCUT2D eigenvalue weighted by atomic mass is 9.87. The third-order valence-corrected chi connectivity index (χ3v) is 7.86. The van der Waals surface area contributed by atoms with Gasteiger partial charge in [0.05, 0.1) is 34.6 Å². The van der Waals surface area contributed by atoms with Crippen molar-refractivity contribution in [3.8, 4) is 11.8 Å². The van der Waals surface area contributed by atoms with Crippen LogP contribution in [-0.4, -0.2) is 38.0 Å². The van der Waals surface area contributed by atoms with Gasteiger partial charge in [-0.15, -0.1) is 11.3 Å². The van der Waals surface area contributed by atoms with Crippen LogP contribution in [0.15, 0.2) is 66.7 Å². The largest absolute Gasteiger partial charge is 0.390 e. The Kier molecular flexibility index (Phi) is 7.91. The smallest absolute Gasteiger partial charge is 0.319 e. The first-order chi connectivity index (χ1) is 18.4. The van der Waals surface area contributed by atoms with Crippen molar-refractivity contribution < 1.29 is 9.90 Å². The summed E-state index contributed by atoms with van der Waals surface area (Å²) in [6, 6.07) is 6.81. The van der Waals surface area contributed by atoms with Crippen LogP contribution in [0.3, 0.4) is 0 Å². The molecule has 38 heavy (non-hydrogen) atoms. The maximum absolute atomic E-state index is 13.1. The molecule has 9 heteroatoms. The maximum atomic E-state index is 13.1.